The summed E-state index contributed by atoms with van der Waals surface area (Å²) in [7, 11) is -2.36. The van der Waals surface area contributed by atoms with Crippen LogP contribution in [0.4, 0.5) is 5.69 Å². The third-order valence-electron chi connectivity index (χ3n) is 4.32. The van der Waals surface area contributed by atoms with Crippen molar-refractivity contribution in [1.29, 1.82) is 0 Å². The van der Waals surface area contributed by atoms with Gasteiger partial charge in [-0.25, -0.2) is 8.42 Å². The van der Waals surface area contributed by atoms with E-state index >= 15 is 0 Å². The van der Waals surface area contributed by atoms with Gasteiger partial charge >= 0.3 is 0 Å². The molecule has 1 aromatic heterocycles. The van der Waals surface area contributed by atoms with Gasteiger partial charge in [-0.15, -0.1) is 11.3 Å². The third kappa shape index (κ3) is 5.69. The molecule has 0 saturated carbocycles. The molecule has 1 amide bonds. The van der Waals surface area contributed by atoms with Gasteiger partial charge in [-0.05, 0) is 64.7 Å². The number of carbonyl (C=O) groups excluding carboxylic acids is 1. The predicted molar refractivity (Wildman–Crippen MR) is 123 cm³/mol. The number of methoxy groups -OCH3 is 1. The van der Waals surface area contributed by atoms with Gasteiger partial charge in [-0.1, -0.05) is 36.4 Å². The molecule has 0 aliphatic rings. The lowest BCUT2D eigenvalue weighted by Gasteiger charge is -2.19. The van der Waals surface area contributed by atoms with Crippen molar-refractivity contribution in [3.8, 4) is 5.75 Å². The maximum atomic E-state index is 13.1. The number of aryl methyl sites for hydroxylation is 1. The standard InChI is InChI=1S/C21H21BrN2O4S2/c1-14-8-9-18(28-2)16(12-14)23-21(25)17(13-15-6-4-3-5-7-15)24-30(26,27)20-11-10-19(22)29-20/h3-12,17,24H,13H2,1-2H3,(H,23,25)/t17-/m1/s1. The second kappa shape index (κ2) is 9.74. The van der Waals surface area contributed by atoms with Crippen LogP contribution in [0.25, 0.3) is 0 Å². The van der Waals surface area contributed by atoms with E-state index in [0.29, 0.717) is 15.2 Å². The Morgan fingerprint density at radius 1 is 1.13 bits per heavy atom. The van der Waals surface area contributed by atoms with Crippen molar-refractivity contribution < 1.29 is 17.9 Å². The van der Waals surface area contributed by atoms with Crippen LogP contribution in [0, 0.1) is 6.92 Å². The molecule has 2 aromatic carbocycles. The molecule has 0 saturated heterocycles. The van der Waals surface area contributed by atoms with Gasteiger partial charge in [0, 0.05) is 0 Å². The highest BCUT2D eigenvalue weighted by atomic mass is 79.9. The number of benzene rings is 2. The highest BCUT2D eigenvalue weighted by Crippen LogP contribution is 2.27. The van der Waals surface area contributed by atoms with Crippen LogP contribution in [-0.2, 0) is 21.2 Å². The first-order chi connectivity index (χ1) is 14.3. The lowest BCUT2D eigenvalue weighted by Crippen LogP contribution is -2.45. The number of nitrogens with one attached hydrogen (secondary N) is 2. The maximum Gasteiger partial charge on any atom is 0.250 e. The fourth-order valence-electron chi connectivity index (χ4n) is 2.86. The van der Waals surface area contributed by atoms with Crippen LogP contribution in [0.2, 0.25) is 0 Å². The van der Waals surface area contributed by atoms with Crippen LogP contribution in [0.1, 0.15) is 11.1 Å². The number of hydrogen-bond acceptors (Lipinski definition) is 5. The van der Waals surface area contributed by atoms with Gasteiger partial charge in [0.1, 0.15) is 16.0 Å². The van der Waals surface area contributed by atoms with Crippen molar-refractivity contribution in [2.75, 3.05) is 12.4 Å². The quantitative estimate of drug-likeness (QED) is 0.473. The van der Waals surface area contributed by atoms with E-state index in [0.717, 1.165) is 22.5 Å². The van der Waals surface area contributed by atoms with E-state index in [9.17, 15) is 13.2 Å². The Hall–Kier alpha value is -2.20. The van der Waals surface area contributed by atoms with Crippen LogP contribution in [-0.4, -0.2) is 27.5 Å². The molecule has 2 N–H and O–H groups in total. The number of amides is 1. The molecule has 3 rings (SSSR count). The zero-order valence-electron chi connectivity index (χ0n) is 16.4. The molecule has 30 heavy (non-hydrogen) atoms. The lowest BCUT2D eigenvalue weighted by atomic mass is 10.1. The third-order valence-corrected chi connectivity index (χ3v) is 7.91. The van der Waals surface area contributed by atoms with Crippen molar-refractivity contribution in [2.45, 2.75) is 23.6 Å². The summed E-state index contributed by atoms with van der Waals surface area (Å²) in [5.74, 6) is 0.0272. The Labute approximate surface area is 188 Å². The predicted octanol–water partition coefficient (Wildman–Crippen LogP) is 4.36. The van der Waals surface area contributed by atoms with Crippen LogP contribution >= 0.6 is 27.3 Å². The number of carbonyl (C=O) groups is 1. The van der Waals surface area contributed by atoms with Crippen molar-refractivity contribution in [3.63, 3.8) is 0 Å². The molecule has 0 radical (unpaired) electrons. The minimum absolute atomic E-state index is 0.133. The van der Waals surface area contributed by atoms with E-state index in [1.165, 1.54) is 13.2 Å². The van der Waals surface area contributed by atoms with Gasteiger partial charge in [0.05, 0.1) is 16.6 Å². The summed E-state index contributed by atoms with van der Waals surface area (Å²) in [6.45, 7) is 1.90. The van der Waals surface area contributed by atoms with E-state index in [2.05, 4.69) is 26.0 Å². The van der Waals surface area contributed by atoms with Gasteiger partial charge in [-0.2, -0.15) is 4.72 Å². The molecule has 0 unspecified atom stereocenters. The molecule has 0 spiro atoms. The zero-order chi connectivity index (χ0) is 21.7. The number of rotatable bonds is 8. The molecule has 3 aromatic rings. The molecular formula is C21H21BrN2O4S2. The average Bonchev–Trinajstić information content (AvgIpc) is 3.16. The number of halogens is 1. The van der Waals surface area contributed by atoms with Gasteiger partial charge in [0.2, 0.25) is 5.91 Å². The molecule has 0 aliphatic heterocycles. The molecule has 1 heterocycles. The van der Waals surface area contributed by atoms with Gasteiger partial charge < -0.3 is 10.1 Å². The second-order valence-electron chi connectivity index (χ2n) is 6.62. The topological polar surface area (TPSA) is 84.5 Å². The number of ether oxygens (including phenoxy) is 1. The van der Waals surface area contributed by atoms with Crippen molar-refractivity contribution >= 4 is 48.9 Å². The Bertz CT molecular complexity index is 1130. The minimum atomic E-state index is -3.87. The molecule has 158 valence electrons. The monoisotopic (exact) mass is 508 g/mol. The molecule has 0 bridgehead atoms. The summed E-state index contributed by atoms with van der Waals surface area (Å²) >= 11 is 4.35. The molecular weight excluding hydrogens is 488 g/mol. The highest BCUT2D eigenvalue weighted by molar-refractivity contribution is 9.11. The molecule has 0 aliphatic carbocycles. The van der Waals surface area contributed by atoms with Crippen molar-refractivity contribution in [3.05, 3.63) is 75.6 Å². The molecule has 9 heteroatoms. The number of sulfonamides is 1. The first-order valence-electron chi connectivity index (χ1n) is 9.05. The number of anilines is 1. The van der Waals surface area contributed by atoms with E-state index in [4.69, 9.17) is 4.74 Å². The Morgan fingerprint density at radius 2 is 1.87 bits per heavy atom. The largest absolute Gasteiger partial charge is 0.495 e. The van der Waals surface area contributed by atoms with Crippen LogP contribution in [0.15, 0.2) is 68.7 Å². The molecule has 1 atom stereocenters. The summed E-state index contributed by atoms with van der Waals surface area (Å²) in [5.41, 5.74) is 2.26. The molecule has 6 nitrogen and oxygen atoms in total. The fourth-order valence-corrected chi connectivity index (χ4v) is 6.09. The van der Waals surface area contributed by atoms with E-state index < -0.39 is 22.0 Å². The Balaban J connectivity index is 1.89. The smallest absolute Gasteiger partial charge is 0.250 e. The zero-order valence-corrected chi connectivity index (χ0v) is 19.6. The first-order valence-corrected chi connectivity index (χ1v) is 12.1. The number of hydrogen-bond donors (Lipinski definition) is 2. The maximum absolute atomic E-state index is 13.1. The number of thiophene rings is 1. The van der Waals surface area contributed by atoms with Gasteiger partial charge in [0.15, 0.2) is 0 Å². The summed E-state index contributed by atoms with van der Waals surface area (Å²) < 4.78 is 34.4. The van der Waals surface area contributed by atoms with Crippen LogP contribution in [0.5, 0.6) is 5.75 Å². The van der Waals surface area contributed by atoms with Gasteiger partial charge in [0.25, 0.3) is 10.0 Å². The van der Waals surface area contributed by atoms with E-state index in [-0.39, 0.29) is 10.6 Å². The Morgan fingerprint density at radius 3 is 2.50 bits per heavy atom. The average molecular weight is 509 g/mol. The summed E-state index contributed by atoms with van der Waals surface area (Å²) in [6.07, 6.45) is 0.201. The fraction of sp³-hybridized carbons (Fsp3) is 0.190. The van der Waals surface area contributed by atoms with Crippen LogP contribution < -0.4 is 14.8 Å². The van der Waals surface area contributed by atoms with Gasteiger partial charge in [-0.3, -0.25) is 4.79 Å². The first kappa shape index (κ1) is 22.5. The second-order valence-corrected chi connectivity index (χ2v) is 11.0. The summed E-state index contributed by atoms with van der Waals surface area (Å²) in [4.78, 5) is 13.1. The summed E-state index contributed by atoms with van der Waals surface area (Å²) in [5, 5.41) is 2.81. The van der Waals surface area contributed by atoms with Crippen molar-refractivity contribution in [1.82, 2.24) is 4.72 Å². The Kier molecular flexibility index (Phi) is 7.30. The lowest BCUT2D eigenvalue weighted by molar-refractivity contribution is -0.117. The normalized spacial score (nSPS) is 12.4. The van der Waals surface area contributed by atoms with Crippen molar-refractivity contribution in [2.24, 2.45) is 0 Å². The minimum Gasteiger partial charge on any atom is -0.495 e. The van der Waals surface area contributed by atoms with Crippen LogP contribution in [0.3, 0.4) is 0 Å². The van der Waals surface area contributed by atoms with E-state index in [1.54, 1.807) is 18.2 Å². The SMILES string of the molecule is COc1ccc(C)cc1NC(=O)[C@@H](Cc1ccccc1)NS(=O)(=O)c1ccc(Br)s1. The molecule has 0 fully saturated rings. The van der Waals surface area contributed by atoms with E-state index in [1.807, 2.05) is 43.3 Å². The highest BCUT2D eigenvalue weighted by Gasteiger charge is 2.27. The summed E-state index contributed by atoms with van der Waals surface area (Å²) in [6, 6.07) is 16.8.